The van der Waals surface area contributed by atoms with Gasteiger partial charge >= 0.3 is 6.09 Å². The monoisotopic (exact) mass is 442 g/mol. The van der Waals surface area contributed by atoms with E-state index in [1.165, 1.54) is 5.52 Å². The summed E-state index contributed by atoms with van der Waals surface area (Å²) in [5.41, 5.74) is 1.49. The maximum Gasteiger partial charge on any atom is 0.410 e. The molecule has 0 spiro atoms. The molecule has 1 aliphatic rings. The minimum atomic E-state index is -0.506. The summed E-state index contributed by atoms with van der Waals surface area (Å²) in [5.74, 6) is -0.0720. The van der Waals surface area contributed by atoms with Gasteiger partial charge in [-0.05, 0) is 71.0 Å². The van der Waals surface area contributed by atoms with E-state index in [0.29, 0.717) is 25.9 Å². The number of nitrogens with zero attached hydrogens (tertiary/aromatic N) is 3. The summed E-state index contributed by atoms with van der Waals surface area (Å²) in [5, 5.41) is 4.20. The lowest BCUT2D eigenvalue weighted by Crippen LogP contribution is -2.43. The Bertz CT molecular complexity index is 919. The summed E-state index contributed by atoms with van der Waals surface area (Å²) >= 11 is 0. The van der Waals surface area contributed by atoms with E-state index in [4.69, 9.17) is 4.74 Å². The fraction of sp³-hybridized carbons (Fsp3) is 0.600. The minimum absolute atomic E-state index is 0.0224. The van der Waals surface area contributed by atoms with E-state index in [9.17, 15) is 9.59 Å². The number of piperidine rings is 1. The number of likely N-dealkylation sites (N-methyl/N-ethyl adjacent to an activating group) is 1. The Morgan fingerprint density at radius 2 is 1.81 bits per heavy atom. The Morgan fingerprint density at radius 1 is 1.12 bits per heavy atom. The van der Waals surface area contributed by atoms with Crippen LogP contribution in [0.4, 0.5) is 10.5 Å². The topological polar surface area (TPSA) is 66.8 Å². The maximum atomic E-state index is 12.8. The average Bonchev–Trinajstić information content (AvgIpc) is 3.15. The summed E-state index contributed by atoms with van der Waals surface area (Å²) in [4.78, 5) is 29.1. The highest BCUT2D eigenvalue weighted by molar-refractivity contribution is 5.95. The molecule has 1 fully saturated rings. The number of carbonyl (C=O) groups is 2. The Morgan fingerprint density at radius 3 is 2.44 bits per heavy atom. The minimum Gasteiger partial charge on any atom is -0.444 e. The Hall–Kier alpha value is -2.54. The molecule has 1 aliphatic heterocycles. The van der Waals surface area contributed by atoms with Gasteiger partial charge in [0.05, 0.1) is 0 Å². The molecule has 1 saturated heterocycles. The number of aromatic nitrogens is 1. The number of hydrogen-bond donors (Lipinski definition) is 1. The third-order valence-electron chi connectivity index (χ3n) is 6.11. The van der Waals surface area contributed by atoms with Crippen LogP contribution < -0.4 is 5.32 Å². The van der Waals surface area contributed by atoms with Crippen molar-refractivity contribution in [2.45, 2.75) is 59.6 Å². The van der Waals surface area contributed by atoms with Crippen molar-refractivity contribution >= 4 is 28.6 Å². The van der Waals surface area contributed by atoms with Crippen molar-refractivity contribution in [2.24, 2.45) is 5.92 Å². The zero-order valence-electron chi connectivity index (χ0n) is 20.2. The van der Waals surface area contributed by atoms with Crippen LogP contribution in [0.5, 0.6) is 0 Å². The molecule has 2 heterocycles. The van der Waals surface area contributed by atoms with Gasteiger partial charge in [0.15, 0.2) is 0 Å². The van der Waals surface area contributed by atoms with Gasteiger partial charge in [0.25, 0.3) is 0 Å². The van der Waals surface area contributed by atoms with Crippen LogP contribution in [0.1, 0.15) is 47.5 Å². The molecule has 32 heavy (non-hydrogen) atoms. The van der Waals surface area contributed by atoms with Crippen molar-refractivity contribution in [3.63, 3.8) is 0 Å². The van der Waals surface area contributed by atoms with E-state index < -0.39 is 5.60 Å². The van der Waals surface area contributed by atoms with Gasteiger partial charge in [0, 0.05) is 54.9 Å². The third kappa shape index (κ3) is 6.25. The highest BCUT2D eigenvalue weighted by Crippen LogP contribution is 2.24. The second-order valence-electron chi connectivity index (χ2n) is 9.54. The average molecular weight is 443 g/mol. The van der Waals surface area contributed by atoms with Gasteiger partial charge in [0.1, 0.15) is 5.60 Å². The van der Waals surface area contributed by atoms with E-state index in [1.807, 2.05) is 32.9 Å². The van der Waals surface area contributed by atoms with E-state index in [0.717, 1.165) is 37.3 Å². The van der Waals surface area contributed by atoms with Crippen LogP contribution in [0.25, 0.3) is 10.9 Å². The molecule has 2 aromatic rings. The van der Waals surface area contributed by atoms with Gasteiger partial charge in [-0.15, -0.1) is 0 Å². The molecule has 0 unspecified atom stereocenters. The standard InChI is InChI=1S/C25H38N4O3/c1-6-27(7-2)16-17-28-13-12-20-18-21(8-9-22(20)28)26-23(30)19-10-14-29(15-11-19)24(31)32-25(3,4)5/h8-9,12-13,18-19H,6-7,10-11,14-17H2,1-5H3,(H,26,30). The van der Waals surface area contributed by atoms with Crippen molar-refractivity contribution in [1.29, 1.82) is 0 Å². The lowest BCUT2D eigenvalue weighted by Gasteiger charge is -2.32. The molecule has 1 aromatic carbocycles. The van der Waals surface area contributed by atoms with Crippen LogP contribution in [-0.4, -0.2) is 64.7 Å². The van der Waals surface area contributed by atoms with Gasteiger partial charge in [-0.25, -0.2) is 4.79 Å². The second kappa shape index (κ2) is 10.4. The number of benzene rings is 1. The molecule has 3 rings (SSSR count). The quantitative estimate of drug-likeness (QED) is 0.682. The van der Waals surface area contributed by atoms with Crippen LogP contribution in [0, 0.1) is 5.92 Å². The molecule has 1 N–H and O–H groups in total. The summed E-state index contributed by atoms with van der Waals surface area (Å²) in [7, 11) is 0. The van der Waals surface area contributed by atoms with Crippen molar-refractivity contribution in [2.75, 3.05) is 38.0 Å². The molecule has 176 valence electrons. The van der Waals surface area contributed by atoms with E-state index in [2.05, 4.69) is 47.0 Å². The third-order valence-corrected chi connectivity index (χ3v) is 6.11. The lowest BCUT2D eigenvalue weighted by atomic mass is 9.96. The number of ether oxygens (including phenoxy) is 1. The normalized spacial score (nSPS) is 15.4. The predicted molar refractivity (Wildman–Crippen MR) is 129 cm³/mol. The molecular formula is C25H38N4O3. The Balaban J connectivity index is 1.54. The van der Waals surface area contributed by atoms with Crippen LogP contribution >= 0.6 is 0 Å². The number of amides is 2. The van der Waals surface area contributed by atoms with Gasteiger partial charge in [-0.3, -0.25) is 4.79 Å². The Labute approximate surface area is 191 Å². The van der Waals surface area contributed by atoms with Gasteiger partial charge in [-0.1, -0.05) is 13.8 Å². The number of likely N-dealkylation sites (tertiary alicyclic amines) is 1. The first kappa shape index (κ1) is 24.1. The molecule has 7 nitrogen and oxygen atoms in total. The molecule has 2 amide bonds. The number of anilines is 1. The van der Waals surface area contributed by atoms with Crippen molar-refractivity contribution in [1.82, 2.24) is 14.4 Å². The number of nitrogens with one attached hydrogen (secondary N) is 1. The number of fused-ring (bicyclic) bond motifs is 1. The number of carbonyl (C=O) groups excluding carboxylic acids is 2. The number of rotatable bonds is 7. The SMILES string of the molecule is CCN(CC)CCn1ccc2cc(NC(=O)C3CCN(C(=O)OC(C)(C)C)CC3)ccc21. The molecule has 7 heteroatoms. The zero-order chi connectivity index (χ0) is 23.3. The maximum absolute atomic E-state index is 12.8. The first-order chi connectivity index (χ1) is 15.2. The fourth-order valence-corrected chi connectivity index (χ4v) is 4.16. The van der Waals surface area contributed by atoms with Gasteiger partial charge in [0.2, 0.25) is 5.91 Å². The molecule has 1 aromatic heterocycles. The van der Waals surface area contributed by atoms with Gasteiger partial charge < -0.3 is 24.4 Å². The lowest BCUT2D eigenvalue weighted by molar-refractivity contribution is -0.121. The van der Waals surface area contributed by atoms with Crippen LogP contribution in [0.15, 0.2) is 30.5 Å². The molecule has 0 aliphatic carbocycles. The number of hydrogen-bond acceptors (Lipinski definition) is 4. The first-order valence-electron chi connectivity index (χ1n) is 11.8. The zero-order valence-corrected chi connectivity index (χ0v) is 20.2. The highest BCUT2D eigenvalue weighted by Gasteiger charge is 2.30. The molecule has 0 bridgehead atoms. The molecule has 0 radical (unpaired) electrons. The van der Waals surface area contributed by atoms with Crippen LogP contribution in [-0.2, 0) is 16.1 Å². The van der Waals surface area contributed by atoms with Crippen LogP contribution in [0.3, 0.4) is 0 Å². The summed E-state index contributed by atoms with van der Waals surface area (Å²) in [6, 6.07) is 8.20. The summed E-state index contributed by atoms with van der Waals surface area (Å²) < 4.78 is 7.71. The van der Waals surface area contributed by atoms with E-state index in [1.54, 1.807) is 4.90 Å². The highest BCUT2D eigenvalue weighted by atomic mass is 16.6. The van der Waals surface area contributed by atoms with Crippen molar-refractivity contribution in [3.05, 3.63) is 30.5 Å². The fourth-order valence-electron chi connectivity index (χ4n) is 4.16. The first-order valence-corrected chi connectivity index (χ1v) is 11.8. The van der Waals surface area contributed by atoms with Crippen LogP contribution in [0.2, 0.25) is 0 Å². The largest absolute Gasteiger partial charge is 0.444 e. The molecule has 0 saturated carbocycles. The van der Waals surface area contributed by atoms with E-state index in [-0.39, 0.29) is 17.9 Å². The van der Waals surface area contributed by atoms with Gasteiger partial charge in [-0.2, -0.15) is 0 Å². The predicted octanol–water partition coefficient (Wildman–Crippen LogP) is 4.57. The molecule has 0 atom stereocenters. The summed E-state index contributed by atoms with van der Waals surface area (Å²) in [6.07, 6.45) is 3.11. The van der Waals surface area contributed by atoms with E-state index >= 15 is 0 Å². The smallest absolute Gasteiger partial charge is 0.410 e. The second-order valence-corrected chi connectivity index (χ2v) is 9.54. The Kier molecular flexibility index (Phi) is 7.82. The molecular weight excluding hydrogens is 404 g/mol. The summed E-state index contributed by atoms with van der Waals surface area (Å²) in [6.45, 7) is 15.1. The van der Waals surface area contributed by atoms with Crippen molar-refractivity contribution in [3.8, 4) is 0 Å². The van der Waals surface area contributed by atoms with Crippen molar-refractivity contribution < 1.29 is 14.3 Å².